The zero-order valence-corrected chi connectivity index (χ0v) is 11.6. The van der Waals surface area contributed by atoms with Crippen molar-refractivity contribution in [1.82, 2.24) is 4.90 Å². The highest BCUT2D eigenvalue weighted by Crippen LogP contribution is 2.35. The SMILES string of the molecule is CC1CC(CN)CN1C1CCCC1S(C)(=O)=O. The van der Waals surface area contributed by atoms with Crippen molar-refractivity contribution in [2.75, 3.05) is 19.3 Å². The number of rotatable bonds is 3. The lowest BCUT2D eigenvalue weighted by molar-refractivity contribution is 0.190. The molecule has 2 N–H and O–H groups in total. The summed E-state index contributed by atoms with van der Waals surface area (Å²) in [7, 11) is -2.91. The second-order valence-electron chi connectivity index (χ2n) is 5.75. The zero-order chi connectivity index (χ0) is 12.6. The van der Waals surface area contributed by atoms with Gasteiger partial charge in [0.25, 0.3) is 0 Å². The van der Waals surface area contributed by atoms with Crippen LogP contribution in [0.2, 0.25) is 0 Å². The smallest absolute Gasteiger partial charge is 0.151 e. The van der Waals surface area contributed by atoms with Crippen molar-refractivity contribution >= 4 is 9.84 Å². The van der Waals surface area contributed by atoms with E-state index in [0.29, 0.717) is 12.0 Å². The maximum atomic E-state index is 11.8. The summed E-state index contributed by atoms with van der Waals surface area (Å²) in [6.07, 6.45) is 5.40. The lowest BCUT2D eigenvalue weighted by Gasteiger charge is -2.32. The first-order valence-electron chi connectivity index (χ1n) is 6.58. The Labute approximate surface area is 104 Å². The van der Waals surface area contributed by atoms with Gasteiger partial charge in [0.2, 0.25) is 0 Å². The summed E-state index contributed by atoms with van der Waals surface area (Å²) in [6.45, 7) is 3.90. The van der Waals surface area contributed by atoms with Crippen LogP contribution >= 0.6 is 0 Å². The fourth-order valence-electron chi connectivity index (χ4n) is 3.59. The van der Waals surface area contributed by atoms with E-state index in [-0.39, 0.29) is 11.3 Å². The van der Waals surface area contributed by atoms with E-state index in [4.69, 9.17) is 5.73 Å². The van der Waals surface area contributed by atoms with Gasteiger partial charge in [0.05, 0.1) is 5.25 Å². The number of likely N-dealkylation sites (tertiary alicyclic amines) is 1. The molecule has 1 aliphatic carbocycles. The summed E-state index contributed by atoms with van der Waals surface area (Å²) in [4.78, 5) is 2.40. The van der Waals surface area contributed by atoms with Gasteiger partial charge in [-0.2, -0.15) is 0 Å². The third-order valence-corrected chi connectivity index (χ3v) is 6.09. The molecular weight excluding hydrogens is 236 g/mol. The first-order chi connectivity index (χ1) is 7.93. The van der Waals surface area contributed by atoms with E-state index >= 15 is 0 Å². The van der Waals surface area contributed by atoms with Gasteiger partial charge in [-0.05, 0) is 38.6 Å². The van der Waals surface area contributed by atoms with Crippen LogP contribution in [-0.2, 0) is 9.84 Å². The molecule has 5 heteroatoms. The lowest BCUT2D eigenvalue weighted by atomic mass is 10.1. The van der Waals surface area contributed by atoms with Crippen molar-refractivity contribution in [1.29, 1.82) is 0 Å². The molecule has 2 fully saturated rings. The normalized spacial score (nSPS) is 39.9. The number of nitrogens with zero attached hydrogens (tertiary/aromatic N) is 1. The molecule has 0 bridgehead atoms. The monoisotopic (exact) mass is 260 g/mol. The van der Waals surface area contributed by atoms with Gasteiger partial charge in [-0.3, -0.25) is 4.90 Å². The van der Waals surface area contributed by atoms with Crippen LogP contribution in [0, 0.1) is 5.92 Å². The molecule has 1 aliphatic heterocycles. The molecule has 4 nitrogen and oxygen atoms in total. The van der Waals surface area contributed by atoms with Crippen molar-refractivity contribution in [2.24, 2.45) is 11.7 Å². The highest BCUT2D eigenvalue weighted by atomic mass is 32.2. The summed E-state index contributed by atoms with van der Waals surface area (Å²) >= 11 is 0. The first-order valence-corrected chi connectivity index (χ1v) is 8.53. The van der Waals surface area contributed by atoms with Gasteiger partial charge < -0.3 is 5.73 Å². The van der Waals surface area contributed by atoms with Crippen molar-refractivity contribution < 1.29 is 8.42 Å². The van der Waals surface area contributed by atoms with E-state index < -0.39 is 9.84 Å². The number of sulfone groups is 1. The number of nitrogens with two attached hydrogens (primary N) is 1. The third-order valence-electron chi connectivity index (χ3n) is 4.44. The Hall–Kier alpha value is -0.130. The molecule has 4 atom stereocenters. The topological polar surface area (TPSA) is 63.4 Å². The van der Waals surface area contributed by atoms with Gasteiger partial charge in [-0.1, -0.05) is 6.42 Å². The van der Waals surface area contributed by atoms with Crippen LogP contribution in [0.15, 0.2) is 0 Å². The Morgan fingerprint density at radius 3 is 2.59 bits per heavy atom. The van der Waals surface area contributed by atoms with Crippen LogP contribution < -0.4 is 5.73 Å². The molecule has 0 radical (unpaired) electrons. The predicted octanol–water partition coefficient (Wildman–Crippen LogP) is 0.621. The first kappa shape index (κ1) is 13.3. The minimum atomic E-state index is -2.91. The van der Waals surface area contributed by atoms with Gasteiger partial charge in [0.15, 0.2) is 9.84 Å². The van der Waals surface area contributed by atoms with Crippen LogP contribution in [-0.4, -0.2) is 50.0 Å². The van der Waals surface area contributed by atoms with Gasteiger partial charge in [-0.15, -0.1) is 0 Å². The largest absolute Gasteiger partial charge is 0.330 e. The average Bonchev–Trinajstić information content (AvgIpc) is 2.81. The van der Waals surface area contributed by atoms with Gasteiger partial charge in [0.1, 0.15) is 0 Å². The second-order valence-corrected chi connectivity index (χ2v) is 8.01. The van der Waals surface area contributed by atoms with Crippen LogP contribution in [0.1, 0.15) is 32.6 Å². The van der Waals surface area contributed by atoms with E-state index in [9.17, 15) is 8.42 Å². The minimum Gasteiger partial charge on any atom is -0.330 e. The Bertz CT molecular complexity index is 369. The van der Waals surface area contributed by atoms with Crippen LogP contribution in [0.5, 0.6) is 0 Å². The Balaban J connectivity index is 2.12. The minimum absolute atomic E-state index is 0.151. The summed E-state index contributed by atoms with van der Waals surface area (Å²) in [5, 5.41) is -0.151. The molecule has 0 aromatic carbocycles. The molecule has 1 heterocycles. The molecule has 100 valence electrons. The van der Waals surface area contributed by atoms with Gasteiger partial charge in [0, 0.05) is 24.9 Å². The molecule has 0 spiro atoms. The molecule has 2 rings (SSSR count). The number of hydrogen-bond donors (Lipinski definition) is 1. The van der Waals surface area contributed by atoms with Crippen molar-refractivity contribution in [3.63, 3.8) is 0 Å². The fraction of sp³-hybridized carbons (Fsp3) is 1.00. The highest BCUT2D eigenvalue weighted by molar-refractivity contribution is 7.91. The van der Waals surface area contributed by atoms with E-state index in [1.807, 2.05) is 0 Å². The van der Waals surface area contributed by atoms with Crippen molar-refractivity contribution in [2.45, 2.75) is 49.9 Å². The van der Waals surface area contributed by atoms with E-state index in [2.05, 4.69) is 11.8 Å². The Kier molecular flexibility index (Phi) is 3.80. The van der Waals surface area contributed by atoms with Gasteiger partial charge in [-0.25, -0.2) is 8.42 Å². The maximum Gasteiger partial charge on any atom is 0.151 e. The molecule has 1 saturated heterocycles. The van der Waals surface area contributed by atoms with Crippen LogP contribution in [0.3, 0.4) is 0 Å². The fourth-order valence-corrected chi connectivity index (χ4v) is 5.05. The zero-order valence-electron chi connectivity index (χ0n) is 10.8. The van der Waals surface area contributed by atoms with E-state index in [0.717, 1.165) is 38.8 Å². The quantitative estimate of drug-likeness (QED) is 0.808. The van der Waals surface area contributed by atoms with E-state index in [1.54, 1.807) is 0 Å². The molecule has 0 amide bonds. The summed E-state index contributed by atoms with van der Waals surface area (Å²) in [5.41, 5.74) is 5.73. The van der Waals surface area contributed by atoms with Gasteiger partial charge >= 0.3 is 0 Å². The molecule has 1 saturated carbocycles. The van der Waals surface area contributed by atoms with Crippen molar-refractivity contribution in [3.05, 3.63) is 0 Å². The van der Waals surface area contributed by atoms with E-state index in [1.165, 1.54) is 6.26 Å². The second kappa shape index (κ2) is 4.86. The molecule has 0 aromatic heterocycles. The predicted molar refractivity (Wildman–Crippen MR) is 69.6 cm³/mol. The number of hydrogen-bond acceptors (Lipinski definition) is 4. The molecule has 4 unspecified atom stereocenters. The molecule has 2 aliphatic rings. The van der Waals surface area contributed by atoms with Crippen LogP contribution in [0.25, 0.3) is 0 Å². The third kappa shape index (κ3) is 2.66. The Morgan fingerprint density at radius 1 is 1.35 bits per heavy atom. The van der Waals surface area contributed by atoms with Crippen molar-refractivity contribution in [3.8, 4) is 0 Å². The lowest BCUT2D eigenvalue weighted by Crippen LogP contribution is -2.45. The summed E-state index contributed by atoms with van der Waals surface area (Å²) in [6, 6.07) is 0.715. The maximum absolute atomic E-state index is 11.8. The summed E-state index contributed by atoms with van der Waals surface area (Å²) in [5.74, 6) is 0.547. The van der Waals surface area contributed by atoms with Crippen LogP contribution in [0.4, 0.5) is 0 Å². The average molecular weight is 260 g/mol. The molecule has 0 aromatic rings. The molecule has 17 heavy (non-hydrogen) atoms. The Morgan fingerprint density at radius 2 is 2.06 bits per heavy atom. The molecular formula is C12H24N2O2S. The standard InChI is InChI=1S/C12H24N2O2S/c1-9-6-10(7-13)8-14(9)11-4-3-5-12(11)17(2,15)16/h9-12H,3-8,13H2,1-2H3. The highest BCUT2D eigenvalue weighted by Gasteiger charge is 2.42. The summed E-state index contributed by atoms with van der Waals surface area (Å²) < 4.78 is 23.6.